The van der Waals surface area contributed by atoms with Crippen molar-refractivity contribution in [2.24, 2.45) is 10.2 Å². The number of nitrogens with one attached hydrogen (secondary N) is 1. The van der Waals surface area contributed by atoms with Crippen LogP contribution in [0.3, 0.4) is 0 Å². The van der Waals surface area contributed by atoms with E-state index in [0.29, 0.717) is 46.0 Å². The molecular formula is C24H19N5O11S. The van der Waals surface area contributed by atoms with Crippen molar-refractivity contribution < 1.29 is 44.5 Å². The molecule has 0 unspecified atom stereocenters. The van der Waals surface area contributed by atoms with Crippen LogP contribution in [0.4, 0.5) is 34.1 Å². The number of fused-ring (bicyclic) bond motifs is 1. The van der Waals surface area contributed by atoms with Crippen molar-refractivity contribution in [3.63, 3.8) is 0 Å². The topological polar surface area (TPSA) is 232 Å². The fourth-order valence-corrected chi connectivity index (χ4v) is 4.12. The van der Waals surface area contributed by atoms with Crippen LogP contribution in [-0.2, 0) is 9.37 Å². The number of ether oxygens (including phenoxy) is 1. The maximum atomic E-state index is 11.2. The Bertz CT molecular complexity index is 1630. The van der Waals surface area contributed by atoms with E-state index in [1.54, 1.807) is 42.5 Å². The molecule has 5 N–H and O–H groups in total. The molecular weight excluding hydrogens is 566 g/mol. The number of hydrogen-bond donors (Lipinski definition) is 5. The molecule has 0 fully saturated rings. The highest BCUT2D eigenvalue weighted by Crippen LogP contribution is 2.46. The van der Waals surface area contributed by atoms with Crippen LogP contribution in [0.2, 0.25) is 0 Å². The lowest BCUT2D eigenvalue weighted by atomic mass is 10.1. The molecule has 0 bridgehead atoms. The number of nitrogens with zero attached hydrogens (tertiary/aromatic N) is 4. The second-order valence-electron chi connectivity index (χ2n) is 8.00. The predicted molar refractivity (Wildman–Crippen MR) is 144 cm³/mol. The predicted octanol–water partition coefficient (Wildman–Crippen LogP) is 6.03. The summed E-state index contributed by atoms with van der Waals surface area (Å²) in [5, 5.41) is 76.3. The number of aliphatic hydroxyl groups is 1. The van der Waals surface area contributed by atoms with Crippen molar-refractivity contribution in [2.45, 2.75) is 4.90 Å². The molecule has 4 rings (SSSR count). The monoisotopic (exact) mass is 585 g/mol. The molecule has 212 valence electrons. The van der Waals surface area contributed by atoms with Gasteiger partial charge in [-0.1, -0.05) is 5.04 Å². The normalized spacial score (nSPS) is 11.2. The van der Waals surface area contributed by atoms with E-state index in [1.165, 1.54) is 6.07 Å². The van der Waals surface area contributed by atoms with Gasteiger partial charge in [0, 0.05) is 22.8 Å². The van der Waals surface area contributed by atoms with E-state index in [2.05, 4.69) is 24.9 Å². The first kappa shape index (κ1) is 28.9. The van der Waals surface area contributed by atoms with Crippen molar-refractivity contribution >= 4 is 56.9 Å². The van der Waals surface area contributed by atoms with Gasteiger partial charge in [-0.2, -0.15) is 0 Å². The number of aliphatic hydroxyl groups excluding tert-OH is 1. The Hall–Kier alpha value is -5.07. The summed E-state index contributed by atoms with van der Waals surface area (Å²) in [6, 6.07) is 14.7. The van der Waals surface area contributed by atoms with Crippen LogP contribution < -0.4 is 10.1 Å². The van der Waals surface area contributed by atoms with Gasteiger partial charge in [-0.25, -0.2) is 5.26 Å². The molecule has 0 aromatic heterocycles. The number of hydrogen-bond acceptors (Lipinski definition) is 15. The van der Waals surface area contributed by atoms with E-state index in [9.17, 15) is 30.4 Å². The van der Waals surface area contributed by atoms with Crippen LogP contribution in [-0.4, -0.2) is 43.6 Å². The summed E-state index contributed by atoms with van der Waals surface area (Å²) in [6.45, 7) is 0.0583. The molecule has 4 aromatic rings. The van der Waals surface area contributed by atoms with Gasteiger partial charge in [0.05, 0.1) is 39.5 Å². The molecule has 0 atom stereocenters. The number of azo groups is 1. The fourth-order valence-electron chi connectivity index (χ4n) is 3.62. The lowest BCUT2D eigenvalue weighted by Gasteiger charge is -2.12. The fraction of sp³-hybridized carbons (Fsp3) is 0.0833. The van der Waals surface area contributed by atoms with E-state index in [4.69, 9.17) is 15.1 Å². The highest BCUT2D eigenvalue weighted by Gasteiger charge is 2.24. The van der Waals surface area contributed by atoms with E-state index < -0.39 is 38.4 Å². The van der Waals surface area contributed by atoms with Gasteiger partial charge in [-0.15, -0.1) is 14.6 Å². The van der Waals surface area contributed by atoms with Gasteiger partial charge >= 0.3 is 5.69 Å². The quantitative estimate of drug-likeness (QED) is 0.0421. The Morgan fingerprint density at radius 2 is 1.63 bits per heavy atom. The second-order valence-corrected chi connectivity index (χ2v) is 8.74. The molecule has 0 aliphatic rings. The van der Waals surface area contributed by atoms with Gasteiger partial charge in [0.2, 0.25) is 5.75 Å². The number of nitro groups is 2. The molecule has 0 aliphatic carbocycles. The van der Waals surface area contributed by atoms with Gasteiger partial charge in [0.15, 0.2) is 5.75 Å². The largest absolute Gasteiger partial charge is 0.505 e. The first-order chi connectivity index (χ1) is 19.7. The van der Waals surface area contributed by atoms with Crippen LogP contribution in [0.5, 0.6) is 17.2 Å². The van der Waals surface area contributed by atoms with Crippen molar-refractivity contribution in [3.8, 4) is 17.2 Å². The number of anilines is 2. The molecule has 0 aliphatic heterocycles. The van der Waals surface area contributed by atoms with Gasteiger partial charge in [-0.05, 0) is 53.9 Å². The Morgan fingerprint density at radius 1 is 0.902 bits per heavy atom. The Kier molecular flexibility index (Phi) is 9.07. The van der Waals surface area contributed by atoms with Crippen LogP contribution in [0.1, 0.15) is 0 Å². The summed E-state index contributed by atoms with van der Waals surface area (Å²) >= 11 is 0.432. The lowest BCUT2D eigenvalue weighted by Crippen LogP contribution is -2.01. The van der Waals surface area contributed by atoms with E-state index >= 15 is 0 Å². The maximum absolute atomic E-state index is 11.2. The molecule has 0 radical (unpaired) electrons. The lowest BCUT2D eigenvalue weighted by molar-refractivity contribution is -0.432. The standard InChI is InChI=1S/C24H19N5O11S/c30-7-8-38-17-4-1-14(2-5-17)25-15-3-6-18-13(9-15)10-21(41-40-39-37)22(23(18)31)27-26-19-11-16(28(33)34)12-20(24(19)32)29(35)36/h1-6,9-12,25,30-32,37H,7-8H2/b27-26+. The summed E-state index contributed by atoms with van der Waals surface area (Å²) in [5.41, 5.74) is -1.20. The minimum atomic E-state index is -1.02. The third kappa shape index (κ3) is 6.75. The Labute approximate surface area is 233 Å². The number of rotatable bonds is 12. The number of benzene rings is 4. The van der Waals surface area contributed by atoms with Gasteiger partial charge in [0.25, 0.3) is 5.69 Å². The summed E-state index contributed by atoms with van der Waals surface area (Å²) in [7, 11) is 0. The minimum absolute atomic E-state index is 0.0507. The Morgan fingerprint density at radius 3 is 2.29 bits per heavy atom. The SMILES string of the molecule is O=[N+]([O-])c1cc(/N=N/c2c(SOOO)cc3cc(Nc4ccc(OCCO)cc4)ccc3c2O)c(O)c([N+](=O)[O-])c1. The van der Waals surface area contributed by atoms with Crippen molar-refractivity contribution in [2.75, 3.05) is 18.5 Å². The third-order valence-electron chi connectivity index (χ3n) is 5.43. The molecule has 41 heavy (non-hydrogen) atoms. The molecule has 16 nitrogen and oxygen atoms in total. The first-order valence-corrected chi connectivity index (χ1v) is 12.1. The van der Waals surface area contributed by atoms with Crippen LogP contribution in [0.15, 0.2) is 75.8 Å². The average Bonchev–Trinajstić information content (AvgIpc) is 2.95. The zero-order valence-corrected chi connectivity index (χ0v) is 21.3. The van der Waals surface area contributed by atoms with E-state index in [-0.39, 0.29) is 23.8 Å². The molecule has 17 heteroatoms. The van der Waals surface area contributed by atoms with Crippen molar-refractivity contribution in [1.82, 2.24) is 0 Å². The highest BCUT2D eigenvalue weighted by molar-refractivity contribution is 7.94. The molecule has 0 amide bonds. The third-order valence-corrected chi connectivity index (χ3v) is 6.05. The Balaban J connectivity index is 1.71. The zero-order chi connectivity index (χ0) is 29.5. The van der Waals surface area contributed by atoms with E-state index in [1.807, 2.05) is 0 Å². The van der Waals surface area contributed by atoms with Crippen LogP contribution in [0, 0.1) is 20.2 Å². The number of phenols is 2. The van der Waals surface area contributed by atoms with Crippen molar-refractivity contribution in [1.29, 1.82) is 0 Å². The smallest absolute Gasteiger partial charge is 0.319 e. The number of phenolic OH excluding ortho intramolecular Hbond substituents is 2. The minimum Gasteiger partial charge on any atom is -0.505 e. The first-order valence-electron chi connectivity index (χ1n) is 11.3. The summed E-state index contributed by atoms with van der Waals surface area (Å²) in [5.74, 6) is -0.820. The number of nitro benzene ring substituents is 2. The van der Waals surface area contributed by atoms with Crippen molar-refractivity contribution in [3.05, 3.63) is 80.9 Å². The molecule has 0 heterocycles. The van der Waals surface area contributed by atoms with Gasteiger partial charge in [-0.3, -0.25) is 20.2 Å². The molecule has 0 spiro atoms. The maximum Gasteiger partial charge on any atom is 0.319 e. The summed E-state index contributed by atoms with van der Waals surface area (Å²) in [4.78, 5) is 20.5. The van der Waals surface area contributed by atoms with Crippen LogP contribution >= 0.6 is 12.0 Å². The van der Waals surface area contributed by atoms with Gasteiger partial charge in [0.1, 0.15) is 23.7 Å². The number of aromatic hydroxyl groups is 2. The average molecular weight is 586 g/mol. The molecule has 4 aromatic carbocycles. The highest BCUT2D eigenvalue weighted by atomic mass is 32.2. The van der Waals surface area contributed by atoms with E-state index in [0.717, 1.165) is 6.07 Å². The van der Waals surface area contributed by atoms with Gasteiger partial charge < -0.3 is 25.4 Å². The summed E-state index contributed by atoms with van der Waals surface area (Å²) < 4.78 is 9.83. The zero-order valence-electron chi connectivity index (χ0n) is 20.5. The molecule has 0 saturated carbocycles. The number of non-ortho nitro benzene ring substituents is 1. The second kappa shape index (κ2) is 12.9. The summed E-state index contributed by atoms with van der Waals surface area (Å²) in [6.07, 6.45) is 0. The van der Waals surface area contributed by atoms with Crippen LogP contribution in [0.25, 0.3) is 10.8 Å². The molecule has 0 saturated heterocycles.